The zero-order valence-electron chi connectivity index (χ0n) is 16.8. The van der Waals surface area contributed by atoms with E-state index in [1.807, 2.05) is 0 Å². The summed E-state index contributed by atoms with van der Waals surface area (Å²) in [7, 11) is 1.73. The predicted molar refractivity (Wildman–Crippen MR) is 107 cm³/mol. The highest BCUT2D eigenvalue weighted by Crippen LogP contribution is 2.28. The van der Waals surface area contributed by atoms with Crippen molar-refractivity contribution < 1.29 is 14.2 Å². The molecule has 0 aliphatic carbocycles. The first-order valence-corrected chi connectivity index (χ1v) is 10.4. The van der Waals surface area contributed by atoms with Crippen LogP contribution in [0.2, 0.25) is 0 Å². The molecule has 0 spiro atoms. The highest BCUT2D eigenvalue weighted by Gasteiger charge is 2.10. The van der Waals surface area contributed by atoms with Crippen molar-refractivity contribution >= 4 is 0 Å². The van der Waals surface area contributed by atoms with Gasteiger partial charge in [-0.2, -0.15) is 0 Å². The van der Waals surface area contributed by atoms with Crippen LogP contribution in [-0.2, 0) is 11.2 Å². The van der Waals surface area contributed by atoms with Crippen LogP contribution in [0.3, 0.4) is 0 Å². The summed E-state index contributed by atoms with van der Waals surface area (Å²) in [6, 6.07) is 6.38. The molecule has 1 aliphatic heterocycles. The fourth-order valence-electron chi connectivity index (χ4n) is 3.38. The molecule has 148 valence electrons. The zero-order valence-corrected chi connectivity index (χ0v) is 16.8. The normalized spacial score (nSPS) is 15.2. The molecule has 0 atom stereocenters. The summed E-state index contributed by atoms with van der Waals surface area (Å²) in [5, 5.41) is 0. The van der Waals surface area contributed by atoms with Gasteiger partial charge in [-0.15, -0.1) is 0 Å². The Bertz CT molecular complexity index is 486. The van der Waals surface area contributed by atoms with Crippen molar-refractivity contribution in [2.24, 2.45) is 0 Å². The summed E-state index contributed by atoms with van der Waals surface area (Å²) >= 11 is 0. The van der Waals surface area contributed by atoms with E-state index in [1.54, 1.807) is 7.11 Å². The van der Waals surface area contributed by atoms with E-state index in [1.165, 1.54) is 44.1 Å². The van der Waals surface area contributed by atoms with Crippen molar-refractivity contribution in [1.29, 1.82) is 0 Å². The first-order chi connectivity index (χ1) is 12.8. The minimum Gasteiger partial charge on any atom is -0.493 e. The summed E-state index contributed by atoms with van der Waals surface area (Å²) in [5.74, 6) is 1.73. The zero-order chi connectivity index (χ0) is 18.5. The molecule has 2 rings (SSSR count). The fourth-order valence-corrected chi connectivity index (χ4v) is 3.38. The SMILES string of the molecule is CCCCCCCCOc1ccc(CCCN2CCOCC2)cc1OC. The molecule has 1 aromatic carbocycles. The lowest BCUT2D eigenvalue weighted by Gasteiger charge is -2.26. The minimum atomic E-state index is 0.777. The molecule has 1 fully saturated rings. The van der Waals surface area contributed by atoms with Crippen LogP contribution in [0.25, 0.3) is 0 Å². The van der Waals surface area contributed by atoms with Gasteiger partial charge >= 0.3 is 0 Å². The van der Waals surface area contributed by atoms with Gasteiger partial charge in [0, 0.05) is 13.1 Å². The number of rotatable bonds is 13. The van der Waals surface area contributed by atoms with E-state index in [-0.39, 0.29) is 0 Å². The third-order valence-electron chi connectivity index (χ3n) is 5.03. The van der Waals surface area contributed by atoms with Crippen molar-refractivity contribution in [3.05, 3.63) is 23.8 Å². The summed E-state index contributed by atoms with van der Waals surface area (Å²) < 4.78 is 16.9. The lowest BCUT2D eigenvalue weighted by molar-refractivity contribution is 0.0374. The molecule has 0 aromatic heterocycles. The summed E-state index contributed by atoms with van der Waals surface area (Å²) in [4.78, 5) is 2.48. The van der Waals surface area contributed by atoms with Crippen molar-refractivity contribution in [1.82, 2.24) is 4.90 Å². The van der Waals surface area contributed by atoms with E-state index >= 15 is 0 Å². The lowest BCUT2D eigenvalue weighted by atomic mass is 10.1. The first kappa shape index (κ1) is 21.0. The van der Waals surface area contributed by atoms with Crippen molar-refractivity contribution in [2.75, 3.05) is 46.6 Å². The van der Waals surface area contributed by atoms with Gasteiger partial charge in [-0.05, 0) is 43.5 Å². The topological polar surface area (TPSA) is 30.9 Å². The van der Waals surface area contributed by atoms with E-state index in [0.29, 0.717) is 0 Å². The van der Waals surface area contributed by atoms with E-state index in [9.17, 15) is 0 Å². The highest BCUT2D eigenvalue weighted by atomic mass is 16.5. The molecule has 1 saturated heterocycles. The van der Waals surface area contributed by atoms with Crippen LogP contribution in [0.5, 0.6) is 11.5 Å². The van der Waals surface area contributed by atoms with Gasteiger partial charge in [-0.25, -0.2) is 0 Å². The van der Waals surface area contributed by atoms with E-state index in [2.05, 4.69) is 30.0 Å². The second kappa shape index (κ2) is 13.0. The molecule has 0 bridgehead atoms. The van der Waals surface area contributed by atoms with Crippen molar-refractivity contribution in [3.63, 3.8) is 0 Å². The largest absolute Gasteiger partial charge is 0.493 e. The molecule has 0 amide bonds. The Kier molecular flexibility index (Phi) is 10.5. The smallest absolute Gasteiger partial charge is 0.161 e. The van der Waals surface area contributed by atoms with Gasteiger partial charge in [-0.3, -0.25) is 4.90 Å². The first-order valence-electron chi connectivity index (χ1n) is 10.4. The minimum absolute atomic E-state index is 0.777. The maximum atomic E-state index is 5.94. The molecule has 0 radical (unpaired) electrons. The summed E-state index contributed by atoms with van der Waals surface area (Å²) in [6.45, 7) is 8.04. The van der Waals surface area contributed by atoms with E-state index in [4.69, 9.17) is 14.2 Å². The molecular weight excluding hydrogens is 326 g/mol. The third kappa shape index (κ3) is 7.96. The molecule has 0 saturated carbocycles. The molecule has 1 heterocycles. The number of hydrogen-bond donors (Lipinski definition) is 0. The Morgan fingerprint density at radius 1 is 0.962 bits per heavy atom. The van der Waals surface area contributed by atoms with Crippen LogP contribution >= 0.6 is 0 Å². The molecule has 4 heteroatoms. The second-order valence-electron chi connectivity index (χ2n) is 7.16. The molecule has 0 unspecified atom stereocenters. The monoisotopic (exact) mass is 363 g/mol. The van der Waals surface area contributed by atoms with Gasteiger partial charge in [0.05, 0.1) is 26.9 Å². The average Bonchev–Trinajstić information content (AvgIpc) is 2.68. The van der Waals surface area contributed by atoms with Crippen LogP contribution in [-0.4, -0.2) is 51.5 Å². The fraction of sp³-hybridized carbons (Fsp3) is 0.727. The van der Waals surface area contributed by atoms with Gasteiger partial charge in [0.25, 0.3) is 0 Å². The predicted octanol–water partition coefficient (Wildman–Crippen LogP) is 4.70. The van der Waals surface area contributed by atoms with Crippen molar-refractivity contribution in [2.45, 2.75) is 58.3 Å². The van der Waals surface area contributed by atoms with Gasteiger partial charge in [0.15, 0.2) is 11.5 Å². The number of benzene rings is 1. The number of aryl methyl sites for hydroxylation is 1. The molecule has 1 aromatic rings. The second-order valence-corrected chi connectivity index (χ2v) is 7.16. The molecule has 4 nitrogen and oxygen atoms in total. The average molecular weight is 364 g/mol. The Hall–Kier alpha value is -1.26. The Labute approximate surface area is 159 Å². The third-order valence-corrected chi connectivity index (χ3v) is 5.03. The van der Waals surface area contributed by atoms with Crippen LogP contribution in [0.1, 0.15) is 57.4 Å². The number of hydrogen-bond acceptors (Lipinski definition) is 4. The maximum absolute atomic E-state index is 5.94. The van der Waals surface area contributed by atoms with E-state index in [0.717, 1.165) is 63.8 Å². The van der Waals surface area contributed by atoms with Crippen LogP contribution < -0.4 is 9.47 Å². The van der Waals surface area contributed by atoms with Crippen LogP contribution in [0, 0.1) is 0 Å². The Morgan fingerprint density at radius 2 is 1.73 bits per heavy atom. The number of morpholine rings is 1. The lowest BCUT2D eigenvalue weighted by Crippen LogP contribution is -2.36. The number of methoxy groups -OCH3 is 1. The summed E-state index contributed by atoms with van der Waals surface area (Å²) in [5.41, 5.74) is 1.32. The van der Waals surface area contributed by atoms with E-state index < -0.39 is 0 Å². The van der Waals surface area contributed by atoms with Crippen molar-refractivity contribution in [3.8, 4) is 11.5 Å². The van der Waals surface area contributed by atoms with Crippen LogP contribution in [0.4, 0.5) is 0 Å². The molecule has 1 aliphatic rings. The number of ether oxygens (including phenoxy) is 3. The standard InChI is InChI=1S/C22H37NO3/c1-3-4-5-6-7-8-16-26-21-12-11-20(19-22(21)24-2)10-9-13-23-14-17-25-18-15-23/h11-12,19H,3-10,13-18H2,1-2H3. The van der Waals surface area contributed by atoms with Gasteiger partial charge < -0.3 is 14.2 Å². The van der Waals surface area contributed by atoms with Gasteiger partial charge in [0.2, 0.25) is 0 Å². The van der Waals surface area contributed by atoms with Gasteiger partial charge in [0.1, 0.15) is 0 Å². The number of unbranched alkanes of at least 4 members (excludes halogenated alkanes) is 5. The Morgan fingerprint density at radius 3 is 2.50 bits per heavy atom. The molecule has 0 N–H and O–H groups in total. The molecular formula is C22H37NO3. The maximum Gasteiger partial charge on any atom is 0.161 e. The summed E-state index contributed by atoms with van der Waals surface area (Å²) in [6.07, 6.45) is 9.92. The highest BCUT2D eigenvalue weighted by molar-refractivity contribution is 5.43. The molecule has 26 heavy (non-hydrogen) atoms. The van der Waals surface area contributed by atoms with Gasteiger partial charge in [-0.1, -0.05) is 45.1 Å². The quantitative estimate of drug-likeness (QED) is 0.475. The van der Waals surface area contributed by atoms with Crippen LogP contribution in [0.15, 0.2) is 18.2 Å². The Balaban J connectivity index is 1.68. The number of nitrogens with zero attached hydrogens (tertiary/aromatic N) is 1.